The topological polar surface area (TPSA) is 59.1 Å². The van der Waals surface area contributed by atoms with Crippen LogP contribution in [0.3, 0.4) is 0 Å². The van der Waals surface area contributed by atoms with Crippen LogP contribution in [0.1, 0.15) is 30.9 Å². The quantitative estimate of drug-likeness (QED) is 0.632. The van der Waals surface area contributed by atoms with E-state index in [2.05, 4.69) is 0 Å². The van der Waals surface area contributed by atoms with Gasteiger partial charge >= 0.3 is 0 Å². The van der Waals surface area contributed by atoms with Crippen molar-refractivity contribution in [1.29, 1.82) is 0 Å². The van der Waals surface area contributed by atoms with Gasteiger partial charge in [-0.1, -0.05) is 0 Å². The monoisotopic (exact) mass is 440 g/mol. The lowest BCUT2D eigenvalue weighted by molar-refractivity contribution is -0.136. The second-order valence-corrected chi connectivity index (χ2v) is 8.78. The van der Waals surface area contributed by atoms with Crippen molar-refractivity contribution < 1.29 is 19.1 Å². The van der Waals surface area contributed by atoms with Gasteiger partial charge in [0.1, 0.15) is 11.5 Å². The molecule has 2 aromatic carbocycles. The van der Waals surface area contributed by atoms with Crippen LogP contribution in [0, 0.1) is 5.92 Å². The largest absolute Gasteiger partial charge is 0.497 e. The summed E-state index contributed by atoms with van der Waals surface area (Å²) in [6, 6.07) is 13.6. The van der Waals surface area contributed by atoms with E-state index in [4.69, 9.17) is 9.47 Å². The number of hydrogen-bond acceptors (Lipinski definition) is 5. The fourth-order valence-electron chi connectivity index (χ4n) is 4.57. The molecule has 0 aliphatic carbocycles. The number of carbonyl (C=O) groups excluding carboxylic acids is 2. The molecular weight excluding hydrogens is 412 g/mol. The Bertz CT molecular complexity index is 963. The highest BCUT2D eigenvalue weighted by atomic mass is 32.2. The first kappa shape index (κ1) is 21.6. The maximum atomic E-state index is 13.5. The molecule has 2 unspecified atom stereocenters. The van der Waals surface area contributed by atoms with Gasteiger partial charge in [0.25, 0.3) is 0 Å². The van der Waals surface area contributed by atoms with E-state index in [1.165, 1.54) is 0 Å². The first-order valence-electron chi connectivity index (χ1n) is 10.5. The lowest BCUT2D eigenvalue weighted by Crippen LogP contribution is -2.37. The molecule has 2 saturated heterocycles. The number of nitrogens with zero attached hydrogens (tertiary/aromatic N) is 2. The predicted molar refractivity (Wildman–Crippen MR) is 122 cm³/mol. The number of amides is 2. The molecule has 7 heteroatoms. The molecule has 31 heavy (non-hydrogen) atoms. The number of methoxy groups -OCH3 is 2. The standard InChI is InChI=1S/C24H28N2O4S/c1-29-18-8-11-22(30-2)20(14-18)21-5-4-12-25(21)24(28)16-13-23(27)26(15-16)17-6-9-19(31-3)10-7-17/h6-11,14,16,21H,4-5,12-13,15H2,1-3H3. The van der Waals surface area contributed by atoms with E-state index in [0.717, 1.165) is 40.5 Å². The van der Waals surface area contributed by atoms with E-state index in [9.17, 15) is 9.59 Å². The molecule has 2 amide bonds. The van der Waals surface area contributed by atoms with Gasteiger partial charge in [-0.15, -0.1) is 11.8 Å². The van der Waals surface area contributed by atoms with Crippen molar-refractivity contribution in [3.05, 3.63) is 48.0 Å². The summed E-state index contributed by atoms with van der Waals surface area (Å²) < 4.78 is 11.0. The molecule has 0 saturated carbocycles. The lowest BCUT2D eigenvalue weighted by atomic mass is 10.0. The van der Waals surface area contributed by atoms with Crippen LogP contribution < -0.4 is 14.4 Å². The molecule has 4 rings (SSSR count). The van der Waals surface area contributed by atoms with Crippen molar-refractivity contribution in [2.24, 2.45) is 5.92 Å². The number of likely N-dealkylation sites (tertiary alicyclic amines) is 1. The van der Waals surface area contributed by atoms with Crippen LogP contribution >= 0.6 is 11.8 Å². The van der Waals surface area contributed by atoms with E-state index in [1.807, 2.05) is 53.6 Å². The summed E-state index contributed by atoms with van der Waals surface area (Å²) >= 11 is 1.66. The van der Waals surface area contributed by atoms with Crippen LogP contribution in [-0.4, -0.2) is 50.3 Å². The number of anilines is 1. The van der Waals surface area contributed by atoms with E-state index in [0.29, 0.717) is 13.1 Å². The Hall–Kier alpha value is -2.67. The lowest BCUT2D eigenvalue weighted by Gasteiger charge is -2.29. The fourth-order valence-corrected chi connectivity index (χ4v) is 4.98. The minimum absolute atomic E-state index is 0.00459. The molecular formula is C24H28N2O4S. The summed E-state index contributed by atoms with van der Waals surface area (Å²) in [5.41, 5.74) is 1.81. The minimum Gasteiger partial charge on any atom is -0.497 e. The average Bonchev–Trinajstić information content (AvgIpc) is 3.45. The zero-order valence-corrected chi connectivity index (χ0v) is 19.0. The Morgan fingerprint density at radius 1 is 1.10 bits per heavy atom. The number of thioether (sulfide) groups is 1. The van der Waals surface area contributed by atoms with Gasteiger partial charge in [-0.2, -0.15) is 0 Å². The summed E-state index contributed by atoms with van der Waals surface area (Å²) in [4.78, 5) is 31.0. The molecule has 2 heterocycles. The first-order valence-corrected chi connectivity index (χ1v) is 11.7. The van der Waals surface area contributed by atoms with E-state index >= 15 is 0 Å². The predicted octanol–water partition coefficient (Wildman–Crippen LogP) is 4.14. The third kappa shape index (κ3) is 4.24. The van der Waals surface area contributed by atoms with Crippen molar-refractivity contribution in [1.82, 2.24) is 4.90 Å². The molecule has 164 valence electrons. The molecule has 2 aliphatic heterocycles. The summed E-state index contributed by atoms with van der Waals surface area (Å²) in [5.74, 6) is 1.22. The molecule has 0 bridgehead atoms. The zero-order chi connectivity index (χ0) is 22.0. The highest BCUT2D eigenvalue weighted by Gasteiger charge is 2.41. The Morgan fingerprint density at radius 3 is 2.55 bits per heavy atom. The van der Waals surface area contributed by atoms with E-state index in [-0.39, 0.29) is 30.2 Å². The SMILES string of the molecule is COc1ccc(OC)c(C2CCCN2C(=O)C2CC(=O)N(c3ccc(SC)cc3)C2)c1. The van der Waals surface area contributed by atoms with Gasteiger partial charge in [-0.3, -0.25) is 9.59 Å². The Balaban J connectivity index is 1.53. The second-order valence-electron chi connectivity index (χ2n) is 7.90. The second kappa shape index (κ2) is 9.22. The maximum Gasteiger partial charge on any atom is 0.228 e. The van der Waals surface area contributed by atoms with Gasteiger partial charge in [-0.05, 0) is 61.6 Å². The van der Waals surface area contributed by atoms with Crippen molar-refractivity contribution in [3.63, 3.8) is 0 Å². The first-order chi connectivity index (χ1) is 15.0. The summed E-state index contributed by atoms with van der Waals surface area (Å²) in [6.45, 7) is 1.12. The van der Waals surface area contributed by atoms with E-state index < -0.39 is 0 Å². The number of benzene rings is 2. The average molecular weight is 441 g/mol. The normalized spacial score (nSPS) is 20.9. The van der Waals surface area contributed by atoms with Gasteiger partial charge in [0.2, 0.25) is 11.8 Å². The maximum absolute atomic E-state index is 13.5. The number of carbonyl (C=O) groups is 2. The van der Waals surface area contributed by atoms with E-state index in [1.54, 1.807) is 30.9 Å². The summed E-state index contributed by atoms with van der Waals surface area (Å²) in [7, 11) is 3.27. The van der Waals surface area contributed by atoms with Crippen molar-refractivity contribution >= 4 is 29.3 Å². The molecule has 0 spiro atoms. The Labute approximate surface area is 187 Å². The molecule has 2 aromatic rings. The molecule has 0 aromatic heterocycles. The molecule has 0 radical (unpaired) electrons. The number of ether oxygens (including phenoxy) is 2. The smallest absolute Gasteiger partial charge is 0.228 e. The van der Waals surface area contributed by atoms with Gasteiger partial charge < -0.3 is 19.3 Å². The molecule has 2 fully saturated rings. The van der Waals surface area contributed by atoms with Gasteiger partial charge in [-0.25, -0.2) is 0 Å². The van der Waals surface area contributed by atoms with Crippen molar-refractivity contribution in [2.75, 3.05) is 38.5 Å². The number of rotatable bonds is 6. The Kier molecular flexibility index (Phi) is 6.41. The van der Waals surface area contributed by atoms with Gasteiger partial charge in [0.15, 0.2) is 0 Å². The van der Waals surface area contributed by atoms with Crippen molar-refractivity contribution in [2.45, 2.75) is 30.2 Å². The van der Waals surface area contributed by atoms with Crippen molar-refractivity contribution in [3.8, 4) is 11.5 Å². The highest BCUT2D eigenvalue weighted by molar-refractivity contribution is 7.98. The molecule has 0 N–H and O–H groups in total. The van der Waals surface area contributed by atoms with Crippen LogP contribution in [0.5, 0.6) is 11.5 Å². The molecule has 2 atom stereocenters. The van der Waals surface area contributed by atoms with Crippen LogP contribution in [0.15, 0.2) is 47.4 Å². The number of hydrogen-bond donors (Lipinski definition) is 0. The third-order valence-corrected chi connectivity index (χ3v) is 6.93. The third-order valence-electron chi connectivity index (χ3n) is 6.19. The highest BCUT2D eigenvalue weighted by Crippen LogP contribution is 2.40. The molecule has 6 nitrogen and oxygen atoms in total. The minimum atomic E-state index is -0.329. The van der Waals surface area contributed by atoms with Crippen LogP contribution in [0.2, 0.25) is 0 Å². The van der Waals surface area contributed by atoms with Gasteiger partial charge in [0, 0.05) is 35.7 Å². The van der Waals surface area contributed by atoms with Crippen LogP contribution in [-0.2, 0) is 9.59 Å². The summed E-state index contributed by atoms with van der Waals surface area (Å²) in [6.07, 6.45) is 4.07. The van der Waals surface area contributed by atoms with Gasteiger partial charge in [0.05, 0.1) is 26.2 Å². The van der Waals surface area contributed by atoms with Crippen LogP contribution in [0.4, 0.5) is 5.69 Å². The zero-order valence-electron chi connectivity index (χ0n) is 18.2. The molecule has 2 aliphatic rings. The van der Waals surface area contributed by atoms with Crippen LogP contribution in [0.25, 0.3) is 0 Å². The Morgan fingerprint density at radius 2 is 1.87 bits per heavy atom. The fraction of sp³-hybridized carbons (Fsp3) is 0.417. The summed E-state index contributed by atoms with van der Waals surface area (Å²) in [5, 5.41) is 0.